The van der Waals surface area contributed by atoms with E-state index >= 15 is 4.39 Å². The van der Waals surface area contributed by atoms with Crippen LogP contribution in [0, 0.1) is 11.7 Å². The molecule has 45 heavy (non-hydrogen) atoms. The lowest BCUT2D eigenvalue weighted by Crippen LogP contribution is -2.44. The van der Waals surface area contributed by atoms with Crippen molar-refractivity contribution in [3.8, 4) is 11.4 Å². The smallest absolute Gasteiger partial charge is 0.343 e. The summed E-state index contributed by atoms with van der Waals surface area (Å²) in [4.78, 5) is 43.8. The molecule has 4 aliphatic rings. The number of pyridine rings is 2. The minimum atomic E-state index is -1.94. The first-order valence-corrected chi connectivity index (χ1v) is 16.1. The summed E-state index contributed by atoms with van der Waals surface area (Å²) in [7, 11) is 1.71. The molecule has 10 nitrogen and oxygen atoms in total. The van der Waals surface area contributed by atoms with Gasteiger partial charge in [-0.05, 0) is 67.8 Å². The molecule has 3 aromatic rings. The second-order valence-electron chi connectivity index (χ2n) is 12.8. The Hall–Kier alpha value is -3.67. The molecule has 1 fully saturated rings. The molecule has 1 aromatic carbocycles. The van der Waals surface area contributed by atoms with Gasteiger partial charge in [0.15, 0.2) is 5.60 Å². The van der Waals surface area contributed by atoms with Crippen LogP contribution in [0.25, 0.3) is 22.3 Å². The zero-order valence-corrected chi connectivity index (χ0v) is 25.9. The number of benzene rings is 1. The lowest BCUT2D eigenvalue weighted by atomic mass is 9.74. The third-order valence-corrected chi connectivity index (χ3v) is 10.2. The summed E-state index contributed by atoms with van der Waals surface area (Å²) < 4.78 is 28.9. The summed E-state index contributed by atoms with van der Waals surface area (Å²) in [5, 5.41) is 18.0. The highest BCUT2D eigenvalue weighted by Crippen LogP contribution is 2.49. The summed E-state index contributed by atoms with van der Waals surface area (Å²) in [5.74, 6) is -0.739. The van der Waals surface area contributed by atoms with E-state index in [-0.39, 0.29) is 73.3 Å². The molecular weight excluding hydrogens is 579 g/mol. The molecule has 3 N–H and O–H groups in total. The van der Waals surface area contributed by atoms with Gasteiger partial charge in [0.2, 0.25) is 5.91 Å². The number of nitrogens with zero attached hydrogens (tertiary/aromatic N) is 2. The molecule has 0 spiro atoms. The van der Waals surface area contributed by atoms with Gasteiger partial charge in [-0.15, -0.1) is 0 Å². The van der Waals surface area contributed by atoms with Crippen molar-refractivity contribution in [3.63, 3.8) is 0 Å². The van der Waals surface area contributed by atoms with Crippen LogP contribution in [0.5, 0.6) is 0 Å². The number of hydrogen-bond acceptors (Lipinski definition) is 8. The Kier molecular flexibility index (Phi) is 7.53. The highest BCUT2D eigenvalue weighted by Gasteiger charge is 2.46. The summed E-state index contributed by atoms with van der Waals surface area (Å²) in [6.45, 7) is 3.96. The van der Waals surface area contributed by atoms with Gasteiger partial charge in [-0.25, -0.2) is 14.2 Å². The molecule has 3 atom stereocenters. The summed E-state index contributed by atoms with van der Waals surface area (Å²) >= 11 is 0. The Morgan fingerprint density at radius 3 is 2.73 bits per heavy atom. The zero-order chi connectivity index (χ0) is 31.6. The van der Waals surface area contributed by atoms with Crippen molar-refractivity contribution in [2.45, 2.75) is 89.6 Å². The fourth-order valence-electron chi connectivity index (χ4n) is 7.73. The first-order chi connectivity index (χ1) is 21.7. The Morgan fingerprint density at radius 2 is 2.02 bits per heavy atom. The molecule has 11 heteroatoms. The molecule has 2 aromatic heterocycles. The van der Waals surface area contributed by atoms with Gasteiger partial charge in [0, 0.05) is 28.5 Å². The van der Waals surface area contributed by atoms with E-state index in [2.05, 4.69) is 10.6 Å². The van der Waals surface area contributed by atoms with E-state index in [0.717, 1.165) is 47.8 Å². The number of carbonyl (C=O) groups excluding carboxylic acids is 2. The standard InChI is InChI=1S/C34H39FN4O6/c1-4-18-19-8-9-20(27(10-17-6-7-17)45-16-37-28(40)13-36-3)29-21-14-39-26(31(21)38-25(30(19)29)12-24(18)35)11-23-22(32(39)41)15-44-33(42)34(23,43)5-2/h11-12,17,20,27,36,43H,4-10,13-16H2,1-3H3,(H,37,40)/t20?,27?,34-/m0/s1. The predicted octanol–water partition coefficient (Wildman–Crippen LogP) is 3.29. The molecule has 0 bridgehead atoms. The van der Waals surface area contributed by atoms with E-state index in [1.165, 1.54) is 6.07 Å². The fraction of sp³-hybridized carbons (Fsp3) is 0.529. The molecule has 1 saturated carbocycles. The first kappa shape index (κ1) is 30.0. The maximum atomic E-state index is 15.5. The van der Waals surface area contributed by atoms with Gasteiger partial charge in [-0.3, -0.25) is 9.59 Å². The number of carbonyl (C=O) groups is 2. The van der Waals surface area contributed by atoms with E-state index < -0.39 is 11.6 Å². The van der Waals surface area contributed by atoms with Crippen molar-refractivity contribution in [2.24, 2.45) is 5.92 Å². The van der Waals surface area contributed by atoms with Crippen LogP contribution in [0.3, 0.4) is 0 Å². The number of aliphatic hydroxyl groups is 1. The molecule has 238 valence electrons. The van der Waals surface area contributed by atoms with Crippen LogP contribution in [0.2, 0.25) is 0 Å². The van der Waals surface area contributed by atoms with E-state index in [1.54, 1.807) is 24.6 Å². The quantitative estimate of drug-likeness (QED) is 0.182. The third kappa shape index (κ3) is 4.78. The molecule has 4 heterocycles. The van der Waals surface area contributed by atoms with Crippen molar-refractivity contribution >= 4 is 22.8 Å². The Bertz CT molecular complexity index is 1800. The number of rotatable bonds is 10. The zero-order valence-electron chi connectivity index (χ0n) is 25.9. The van der Waals surface area contributed by atoms with Crippen molar-refractivity contribution < 1.29 is 28.6 Å². The van der Waals surface area contributed by atoms with Crippen LogP contribution >= 0.6 is 0 Å². The normalized spacial score (nSPS) is 22.1. The lowest BCUT2D eigenvalue weighted by Gasteiger charge is -2.35. The van der Waals surface area contributed by atoms with Crippen LogP contribution in [0.4, 0.5) is 4.39 Å². The number of aryl methyl sites for hydroxylation is 1. The van der Waals surface area contributed by atoms with Gasteiger partial charge in [0.05, 0.1) is 41.7 Å². The molecule has 0 saturated heterocycles. The van der Waals surface area contributed by atoms with Gasteiger partial charge in [-0.2, -0.15) is 0 Å². The number of halogens is 1. The van der Waals surface area contributed by atoms with Crippen LogP contribution < -0.4 is 16.2 Å². The minimum Gasteiger partial charge on any atom is -0.458 e. The topological polar surface area (TPSA) is 132 Å². The number of fused-ring (bicyclic) bond motifs is 5. The molecule has 7 rings (SSSR count). The molecule has 1 amide bonds. The summed E-state index contributed by atoms with van der Waals surface area (Å²) in [6.07, 6.45) is 4.92. The number of hydrogen-bond donors (Lipinski definition) is 3. The maximum absolute atomic E-state index is 15.5. The second kappa shape index (κ2) is 11.3. The number of amides is 1. The maximum Gasteiger partial charge on any atom is 0.343 e. The first-order valence-electron chi connectivity index (χ1n) is 16.1. The largest absolute Gasteiger partial charge is 0.458 e. The monoisotopic (exact) mass is 618 g/mol. The molecule has 2 aliphatic carbocycles. The SMILES string of the molecule is CCc1c(F)cc2nc3c(c4c2c1CCC4C(CC1CC1)OCNC(=O)CNC)Cn1c-3cc2c(c1=O)COC(=O)[C@]2(O)CC. The van der Waals surface area contributed by atoms with Crippen LogP contribution in [-0.4, -0.2) is 53.0 Å². The number of ether oxygens (including phenoxy) is 2. The van der Waals surface area contributed by atoms with Crippen molar-refractivity contribution in [1.29, 1.82) is 0 Å². The number of esters is 1. The molecule has 2 aliphatic heterocycles. The summed E-state index contributed by atoms with van der Waals surface area (Å²) in [6, 6.07) is 3.19. The number of likely N-dealkylation sites (N-methyl/N-ethyl adjacent to an activating group) is 1. The molecule has 2 unspecified atom stereocenters. The van der Waals surface area contributed by atoms with Crippen LogP contribution in [-0.2, 0) is 50.7 Å². The highest BCUT2D eigenvalue weighted by molar-refractivity contribution is 5.93. The van der Waals surface area contributed by atoms with Gasteiger partial charge in [0.25, 0.3) is 5.56 Å². The highest BCUT2D eigenvalue weighted by atomic mass is 19.1. The second-order valence-corrected chi connectivity index (χ2v) is 12.8. The number of nitrogens with one attached hydrogen (secondary N) is 2. The van der Waals surface area contributed by atoms with E-state index in [1.807, 2.05) is 6.92 Å². The van der Waals surface area contributed by atoms with Gasteiger partial charge in [0.1, 0.15) is 19.2 Å². The Morgan fingerprint density at radius 1 is 1.22 bits per heavy atom. The van der Waals surface area contributed by atoms with Gasteiger partial charge >= 0.3 is 5.97 Å². The van der Waals surface area contributed by atoms with Crippen molar-refractivity contribution in [2.75, 3.05) is 20.3 Å². The lowest BCUT2D eigenvalue weighted by molar-refractivity contribution is -0.172. The average molecular weight is 619 g/mol. The van der Waals surface area contributed by atoms with E-state index in [0.29, 0.717) is 41.2 Å². The third-order valence-electron chi connectivity index (χ3n) is 10.2. The Labute approximate surface area is 260 Å². The van der Waals surface area contributed by atoms with E-state index in [4.69, 9.17) is 14.5 Å². The minimum absolute atomic E-state index is 0.0481. The molecule has 0 radical (unpaired) electrons. The summed E-state index contributed by atoms with van der Waals surface area (Å²) in [5.41, 5.74) is 3.39. The average Bonchev–Trinajstić information content (AvgIpc) is 3.77. The fourth-order valence-corrected chi connectivity index (χ4v) is 7.73. The Balaban J connectivity index is 1.41. The number of cyclic esters (lactones) is 1. The van der Waals surface area contributed by atoms with Crippen molar-refractivity contribution in [3.05, 3.63) is 61.7 Å². The molecular formula is C34H39FN4O6. The van der Waals surface area contributed by atoms with Gasteiger partial charge < -0.3 is 29.8 Å². The van der Waals surface area contributed by atoms with Crippen LogP contribution in [0.1, 0.15) is 85.3 Å². The van der Waals surface area contributed by atoms with Crippen LogP contribution in [0.15, 0.2) is 16.9 Å². The number of aromatic nitrogens is 2. The van der Waals surface area contributed by atoms with Gasteiger partial charge in [-0.1, -0.05) is 26.7 Å². The van der Waals surface area contributed by atoms with Crippen molar-refractivity contribution in [1.82, 2.24) is 20.2 Å². The van der Waals surface area contributed by atoms with E-state index in [9.17, 15) is 19.5 Å². The predicted molar refractivity (Wildman–Crippen MR) is 164 cm³/mol.